The van der Waals surface area contributed by atoms with Gasteiger partial charge in [0.2, 0.25) is 0 Å². The fraction of sp³-hybridized carbons (Fsp3) is 0.231. The van der Waals surface area contributed by atoms with Gasteiger partial charge in [-0.2, -0.15) is 0 Å². The summed E-state index contributed by atoms with van der Waals surface area (Å²) in [6, 6.07) is 24.2. The number of fused-ring (bicyclic) bond motifs is 1. The minimum atomic E-state index is -0.436. The highest BCUT2D eigenvalue weighted by Crippen LogP contribution is 2.19. The van der Waals surface area contributed by atoms with Crippen LogP contribution < -0.4 is 11.2 Å². The van der Waals surface area contributed by atoms with E-state index in [-0.39, 0.29) is 12.3 Å². The van der Waals surface area contributed by atoms with Crippen LogP contribution >= 0.6 is 0 Å². The van der Waals surface area contributed by atoms with Crippen molar-refractivity contribution in [2.45, 2.75) is 39.5 Å². The highest BCUT2D eigenvalue weighted by molar-refractivity contribution is 5.83. The molecule has 0 aliphatic rings. The quantitative estimate of drug-likeness (QED) is 0.465. The predicted octanol–water partition coefficient (Wildman–Crippen LogP) is 4.41. The Bertz CT molecular complexity index is 1290. The van der Waals surface area contributed by atoms with E-state index in [9.17, 15) is 9.59 Å². The maximum absolute atomic E-state index is 12.7. The highest BCUT2D eigenvalue weighted by Gasteiger charge is 2.15. The Morgan fingerprint density at radius 2 is 1.61 bits per heavy atom. The number of rotatable bonds is 8. The lowest BCUT2D eigenvalue weighted by Gasteiger charge is -2.17. The number of aromatic amines is 1. The molecule has 3 aromatic carbocycles. The highest BCUT2D eigenvalue weighted by atomic mass is 16.5. The lowest BCUT2D eigenvalue weighted by molar-refractivity contribution is 0.0589. The van der Waals surface area contributed by atoms with Crippen molar-refractivity contribution < 1.29 is 4.74 Å². The molecule has 0 fully saturated rings. The molecule has 0 amide bonds. The van der Waals surface area contributed by atoms with Crippen LogP contribution in [0.4, 0.5) is 0 Å². The predicted molar refractivity (Wildman–Crippen MR) is 123 cm³/mol. The number of hydrogen-bond acceptors (Lipinski definition) is 3. The smallest absolute Gasteiger partial charge is 0.330 e. The van der Waals surface area contributed by atoms with Crippen molar-refractivity contribution in [1.82, 2.24) is 9.55 Å². The molecule has 5 heteroatoms. The average Bonchev–Trinajstić information content (AvgIpc) is 2.79. The van der Waals surface area contributed by atoms with Gasteiger partial charge in [0.25, 0.3) is 5.56 Å². The second-order valence-electron chi connectivity index (χ2n) is 7.68. The lowest BCUT2D eigenvalue weighted by Crippen LogP contribution is -2.36. The zero-order valence-corrected chi connectivity index (χ0v) is 17.6. The molecule has 0 aliphatic carbocycles. The number of benzene rings is 3. The van der Waals surface area contributed by atoms with Crippen LogP contribution in [0.2, 0.25) is 0 Å². The van der Waals surface area contributed by atoms with E-state index in [0.717, 1.165) is 34.0 Å². The van der Waals surface area contributed by atoms with E-state index in [1.807, 2.05) is 49.4 Å². The normalized spacial score (nSPS) is 11.1. The summed E-state index contributed by atoms with van der Waals surface area (Å²) in [5.41, 5.74) is 2.72. The molecular formula is C26H26N2O3. The molecule has 0 bridgehead atoms. The summed E-state index contributed by atoms with van der Waals surface area (Å²) in [6.07, 6.45) is 1.92. The number of nitrogens with one attached hydrogen (secondary N) is 1. The topological polar surface area (TPSA) is 64.1 Å². The van der Waals surface area contributed by atoms with Crippen LogP contribution in [0.3, 0.4) is 0 Å². The Morgan fingerprint density at radius 3 is 2.39 bits per heavy atom. The van der Waals surface area contributed by atoms with Gasteiger partial charge in [0.05, 0.1) is 6.61 Å². The van der Waals surface area contributed by atoms with Gasteiger partial charge < -0.3 is 4.74 Å². The van der Waals surface area contributed by atoms with E-state index < -0.39 is 5.69 Å². The minimum absolute atomic E-state index is 0.0874. The van der Waals surface area contributed by atoms with Crippen LogP contribution in [0.25, 0.3) is 10.8 Å². The van der Waals surface area contributed by atoms with Gasteiger partial charge in [-0.15, -0.1) is 0 Å². The Hall–Kier alpha value is -3.44. The molecule has 4 rings (SSSR count). The number of aromatic nitrogens is 2. The van der Waals surface area contributed by atoms with Gasteiger partial charge >= 0.3 is 5.69 Å². The summed E-state index contributed by atoms with van der Waals surface area (Å²) < 4.78 is 7.41. The SMILES string of the molecule is CCCc1c(Cc2ccc3ccccc3c2)n(COCc2ccccc2)c(=O)[nH]c1=O. The molecule has 1 aromatic heterocycles. The fourth-order valence-corrected chi connectivity index (χ4v) is 3.87. The van der Waals surface area contributed by atoms with Crippen molar-refractivity contribution in [3.8, 4) is 0 Å². The Morgan fingerprint density at radius 1 is 0.871 bits per heavy atom. The maximum atomic E-state index is 12.7. The standard InChI is InChI=1S/C26H26N2O3/c1-2-8-23-24(16-20-13-14-21-11-6-7-12-22(21)15-20)28(26(30)27-25(23)29)18-31-17-19-9-4-3-5-10-19/h3-7,9-15H,2,8,16-18H2,1H3,(H,27,29,30). The molecule has 1 heterocycles. The number of H-pyrrole nitrogens is 1. The van der Waals surface area contributed by atoms with Crippen LogP contribution in [-0.2, 0) is 30.9 Å². The molecule has 0 unspecified atom stereocenters. The molecule has 4 aromatic rings. The van der Waals surface area contributed by atoms with Gasteiger partial charge in [-0.05, 0) is 28.3 Å². The summed E-state index contributed by atoms with van der Waals surface area (Å²) in [6.45, 7) is 2.51. The molecule has 0 spiro atoms. The van der Waals surface area contributed by atoms with Crippen molar-refractivity contribution in [3.05, 3.63) is 116 Å². The number of hydrogen-bond donors (Lipinski definition) is 1. The van der Waals surface area contributed by atoms with Gasteiger partial charge in [0.15, 0.2) is 0 Å². The third-order valence-electron chi connectivity index (χ3n) is 5.43. The Balaban J connectivity index is 1.68. The Kier molecular flexibility index (Phi) is 6.43. The molecule has 5 nitrogen and oxygen atoms in total. The summed E-state index contributed by atoms with van der Waals surface area (Å²) in [5.74, 6) is 0. The van der Waals surface area contributed by atoms with E-state index in [2.05, 4.69) is 35.3 Å². The van der Waals surface area contributed by atoms with Crippen molar-refractivity contribution in [2.24, 2.45) is 0 Å². The molecule has 0 atom stereocenters. The van der Waals surface area contributed by atoms with E-state index in [0.29, 0.717) is 25.0 Å². The Labute approximate surface area is 181 Å². The third kappa shape index (κ3) is 4.84. The van der Waals surface area contributed by atoms with Crippen LogP contribution in [0.1, 0.15) is 35.7 Å². The van der Waals surface area contributed by atoms with Gasteiger partial charge in [-0.3, -0.25) is 14.3 Å². The second kappa shape index (κ2) is 9.58. The van der Waals surface area contributed by atoms with E-state index in [4.69, 9.17) is 4.74 Å². The van der Waals surface area contributed by atoms with E-state index >= 15 is 0 Å². The van der Waals surface area contributed by atoms with Gasteiger partial charge in [0, 0.05) is 17.7 Å². The summed E-state index contributed by atoms with van der Waals surface area (Å²) in [4.78, 5) is 27.7. The molecule has 31 heavy (non-hydrogen) atoms. The first-order valence-electron chi connectivity index (χ1n) is 10.6. The number of nitrogens with zero attached hydrogens (tertiary/aromatic N) is 1. The van der Waals surface area contributed by atoms with Crippen LogP contribution in [0.5, 0.6) is 0 Å². The first kappa shape index (κ1) is 20.8. The average molecular weight is 415 g/mol. The van der Waals surface area contributed by atoms with Crippen molar-refractivity contribution in [1.29, 1.82) is 0 Å². The first-order chi connectivity index (χ1) is 15.2. The summed E-state index contributed by atoms with van der Waals surface area (Å²) in [7, 11) is 0. The third-order valence-corrected chi connectivity index (χ3v) is 5.43. The number of ether oxygens (including phenoxy) is 1. The first-order valence-corrected chi connectivity index (χ1v) is 10.6. The van der Waals surface area contributed by atoms with Gasteiger partial charge in [-0.25, -0.2) is 4.79 Å². The van der Waals surface area contributed by atoms with E-state index in [1.165, 1.54) is 0 Å². The molecule has 158 valence electrons. The second-order valence-corrected chi connectivity index (χ2v) is 7.68. The molecule has 0 aliphatic heterocycles. The van der Waals surface area contributed by atoms with E-state index in [1.54, 1.807) is 4.57 Å². The molecule has 0 saturated heterocycles. The molecule has 1 N–H and O–H groups in total. The molecular weight excluding hydrogens is 388 g/mol. The van der Waals surface area contributed by atoms with Crippen molar-refractivity contribution >= 4 is 10.8 Å². The van der Waals surface area contributed by atoms with Gasteiger partial charge in [0.1, 0.15) is 6.73 Å². The monoisotopic (exact) mass is 414 g/mol. The summed E-state index contributed by atoms with van der Waals surface area (Å²) >= 11 is 0. The zero-order chi connectivity index (χ0) is 21.6. The lowest BCUT2D eigenvalue weighted by atomic mass is 10.00. The maximum Gasteiger partial charge on any atom is 0.330 e. The summed E-state index contributed by atoms with van der Waals surface area (Å²) in [5, 5.41) is 2.30. The van der Waals surface area contributed by atoms with Crippen LogP contribution in [0, 0.1) is 0 Å². The largest absolute Gasteiger partial charge is 0.356 e. The minimum Gasteiger partial charge on any atom is -0.356 e. The van der Waals surface area contributed by atoms with Gasteiger partial charge in [-0.1, -0.05) is 86.1 Å². The van der Waals surface area contributed by atoms with Crippen molar-refractivity contribution in [3.63, 3.8) is 0 Å². The molecule has 0 radical (unpaired) electrons. The fourth-order valence-electron chi connectivity index (χ4n) is 3.87. The van der Waals surface area contributed by atoms with Crippen LogP contribution in [-0.4, -0.2) is 9.55 Å². The zero-order valence-electron chi connectivity index (χ0n) is 17.6. The van der Waals surface area contributed by atoms with Crippen molar-refractivity contribution in [2.75, 3.05) is 0 Å². The van der Waals surface area contributed by atoms with Crippen LogP contribution in [0.15, 0.2) is 82.4 Å². The molecule has 0 saturated carbocycles.